The van der Waals surface area contributed by atoms with Gasteiger partial charge >= 0.3 is 0 Å². The van der Waals surface area contributed by atoms with Gasteiger partial charge in [-0.15, -0.1) is 11.3 Å². The summed E-state index contributed by atoms with van der Waals surface area (Å²) < 4.78 is 52.6. The molecule has 0 atom stereocenters. The summed E-state index contributed by atoms with van der Waals surface area (Å²) in [7, 11) is -7.67. The van der Waals surface area contributed by atoms with Crippen LogP contribution in [0.2, 0.25) is 0 Å². The molecule has 1 amide bonds. The van der Waals surface area contributed by atoms with Gasteiger partial charge in [0.15, 0.2) is 9.84 Å². The van der Waals surface area contributed by atoms with E-state index in [1.54, 1.807) is 11.3 Å². The van der Waals surface area contributed by atoms with Gasteiger partial charge in [-0.3, -0.25) is 4.79 Å². The predicted molar refractivity (Wildman–Crippen MR) is 121 cm³/mol. The van der Waals surface area contributed by atoms with Crippen molar-refractivity contribution in [1.82, 2.24) is 4.31 Å². The van der Waals surface area contributed by atoms with Crippen LogP contribution in [-0.2, 0) is 24.7 Å². The number of hydrogen-bond donors (Lipinski definition) is 1. The van der Waals surface area contributed by atoms with Crippen molar-refractivity contribution < 1.29 is 21.6 Å². The molecule has 1 saturated heterocycles. The van der Waals surface area contributed by atoms with Gasteiger partial charge in [-0.2, -0.15) is 4.31 Å². The molecule has 1 aliphatic heterocycles. The fraction of sp³-hybridized carbons (Fsp3) is 0.286. The minimum absolute atomic E-state index is 0.136. The summed E-state index contributed by atoms with van der Waals surface area (Å²) in [6.07, 6.45) is 1.73. The molecule has 2 heterocycles. The number of carbonyl (C=O) groups is 1. The van der Waals surface area contributed by atoms with E-state index in [1.165, 1.54) is 28.6 Å². The van der Waals surface area contributed by atoms with Gasteiger partial charge in [-0.05, 0) is 60.0 Å². The van der Waals surface area contributed by atoms with Crippen LogP contribution in [-0.4, -0.2) is 46.4 Å². The number of sulfone groups is 1. The summed E-state index contributed by atoms with van der Waals surface area (Å²) in [4.78, 5) is 12.3. The third-order valence-corrected chi connectivity index (χ3v) is 9.55. The number of piperidine rings is 1. The molecule has 7 nitrogen and oxygen atoms in total. The molecule has 0 unspecified atom stereocenters. The third-order valence-electron chi connectivity index (χ3n) is 5.41. The molecular weight excluding hydrogens is 456 g/mol. The molecule has 3 aromatic rings. The standard InChI is InChI=1S/C21H22N2O5S3/c1-30(25,26)19-4-2-3-5-20(19)31(27,28)23-11-8-15(9-12-23)21(24)22-17-6-7-18-16(14-17)10-13-29-18/h2-7,10,13-15H,8-9,11-12H2,1H3,(H,22,24). The van der Waals surface area contributed by atoms with Crippen LogP contribution in [0.4, 0.5) is 5.69 Å². The molecule has 0 bridgehead atoms. The number of sulfonamides is 1. The van der Waals surface area contributed by atoms with E-state index in [0.717, 1.165) is 16.3 Å². The number of nitrogens with one attached hydrogen (secondary N) is 1. The number of fused-ring (bicyclic) bond motifs is 1. The van der Waals surface area contributed by atoms with Crippen LogP contribution in [0.1, 0.15) is 12.8 Å². The van der Waals surface area contributed by atoms with Gasteiger partial charge in [0, 0.05) is 35.7 Å². The van der Waals surface area contributed by atoms with E-state index in [0.29, 0.717) is 18.5 Å². The summed E-state index contributed by atoms with van der Waals surface area (Å²) in [5.74, 6) is -0.446. The normalized spacial score (nSPS) is 16.4. The van der Waals surface area contributed by atoms with E-state index in [1.807, 2.05) is 29.6 Å². The molecule has 0 spiro atoms. The number of hydrogen-bond acceptors (Lipinski definition) is 6. The Balaban J connectivity index is 1.45. The zero-order chi connectivity index (χ0) is 22.2. The van der Waals surface area contributed by atoms with Gasteiger partial charge in [0.2, 0.25) is 15.9 Å². The van der Waals surface area contributed by atoms with E-state index < -0.39 is 19.9 Å². The summed E-state index contributed by atoms with van der Waals surface area (Å²) in [6, 6.07) is 13.4. The second-order valence-electron chi connectivity index (χ2n) is 7.56. The topological polar surface area (TPSA) is 101 Å². The molecule has 0 radical (unpaired) electrons. The lowest BCUT2D eigenvalue weighted by molar-refractivity contribution is -0.120. The van der Waals surface area contributed by atoms with E-state index in [2.05, 4.69) is 5.32 Å². The molecule has 4 rings (SSSR count). The Morgan fingerprint density at radius 3 is 2.35 bits per heavy atom. The Labute approximate surface area is 185 Å². The highest BCUT2D eigenvalue weighted by molar-refractivity contribution is 7.93. The van der Waals surface area contributed by atoms with Crippen molar-refractivity contribution in [2.45, 2.75) is 22.6 Å². The van der Waals surface area contributed by atoms with Gasteiger partial charge < -0.3 is 5.32 Å². The van der Waals surface area contributed by atoms with Crippen LogP contribution in [0.5, 0.6) is 0 Å². The fourth-order valence-electron chi connectivity index (χ4n) is 3.76. The van der Waals surface area contributed by atoms with Crippen molar-refractivity contribution in [3.63, 3.8) is 0 Å². The highest BCUT2D eigenvalue weighted by Crippen LogP contribution is 2.29. The molecule has 0 aliphatic carbocycles. The Morgan fingerprint density at radius 1 is 1.00 bits per heavy atom. The molecule has 31 heavy (non-hydrogen) atoms. The van der Waals surface area contributed by atoms with Crippen molar-refractivity contribution in [2.24, 2.45) is 5.92 Å². The molecule has 1 aliphatic rings. The van der Waals surface area contributed by atoms with Crippen LogP contribution >= 0.6 is 11.3 Å². The van der Waals surface area contributed by atoms with Crippen LogP contribution < -0.4 is 5.32 Å². The summed E-state index contributed by atoms with van der Waals surface area (Å²) in [6.45, 7) is 0.310. The van der Waals surface area contributed by atoms with Crippen molar-refractivity contribution in [3.8, 4) is 0 Å². The summed E-state index contributed by atoms with van der Waals surface area (Å²) >= 11 is 1.63. The van der Waals surface area contributed by atoms with Crippen LogP contribution in [0, 0.1) is 5.92 Å². The average Bonchev–Trinajstić information content (AvgIpc) is 3.21. The van der Waals surface area contributed by atoms with E-state index in [9.17, 15) is 21.6 Å². The zero-order valence-corrected chi connectivity index (χ0v) is 19.3. The number of benzene rings is 2. The minimum atomic E-state index is -3.98. The number of anilines is 1. The van der Waals surface area contributed by atoms with E-state index in [4.69, 9.17) is 0 Å². The Kier molecular flexibility index (Phi) is 5.91. The maximum atomic E-state index is 13.1. The monoisotopic (exact) mass is 478 g/mol. The van der Waals surface area contributed by atoms with Crippen molar-refractivity contribution in [3.05, 3.63) is 53.9 Å². The van der Waals surface area contributed by atoms with Crippen molar-refractivity contribution >= 4 is 52.9 Å². The Morgan fingerprint density at radius 2 is 1.68 bits per heavy atom. The first-order chi connectivity index (χ1) is 14.7. The first kappa shape index (κ1) is 21.9. The molecule has 10 heteroatoms. The number of thiophene rings is 1. The quantitative estimate of drug-likeness (QED) is 0.606. The number of nitrogens with zero attached hydrogens (tertiary/aromatic N) is 1. The second-order valence-corrected chi connectivity index (χ2v) is 12.4. The fourth-order valence-corrected chi connectivity index (χ4v) is 7.60. The maximum absolute atomic E-state index is 13.1. The minimum Gasteiger partial charge on any atom is -0.326 e. The summed E-state index contributed by atoms with van der Waals surface area (Å²) in [5, 5.41) is 5.98. The van der Waals surface area contributed by atoms with Gasteiger partial charge in [0.05, 0.1) is 4.90 Å². The largest absolute Gasteiger partial charge is 0.326 e. The smallest absolute Gasteiger partial charge is 0.244 e. The lowest BCUT2D eigenvalue weighted by Gasteiger charge is -2.31. The first-order valence-electron chi connectivity index (χ1n) is 9.73. The van der Waals surface area contributed by atoms with Gasteiger partial charge in [-0.1, -0.05) is 12.1 Å². The molecule has 1 N–H and O–H groups in total. The van der Waals surface area contributed by atoms with Gasteiger partial charge in [0.1, 0.15) is 4.90 Å². The maximum Gasteiger partial charge on any atom is 0.244 e. The Bertz CT molecular complexity index is 1340. The van der Waals surface area contributed by atoms with Crippen LogP contribution in [0.25, 0.3) is 10.1 Å². The predicted octanol–water partition coefficient (Wildman–Crippen LogP) is 3.34. The molecule has 0 saturated carbocycles. The lowest BCUT2D eigenvalue weighted by Crippen LogP contribution is -2.41. The SMILES string of the molecule is CS(=O)(=O)c1ccccc1S(=O)(=O)N1CCC(C(=O)Nc2ccc3sccc3c2)CC1. The lowest BCUT2D eigenvalue weighted by atomic mass is 9.97. The average molecular weight is 479 g/mol. The Hall–Kier alpha value is -2.27. The molecular formula is C21H22N2O5S3. The molecule has 1 aromatic heterocycles. The second kappa shape index (κ2) is 8.34. The zero-order valence-electron chi connectivity index (χ0n) is 16.8. The van der Waals surface area contributed by atoms with Crippen molar-refractivity contribution in [1.29, 1.82) is 0 Å². The number of rotatable bonds is 5. The molecule has 164 valence electrons. The highest BCUT2D eigenvalue weighted by atomic mass is 32.2. The molecule has 2 aromatic carbocycles. The number of amides is 1. The van der Waals surface area contributed by atoms with Gasteiger partial charge in [0.25, 0.3) is 0 Å². The van der Waals surface area contributed by atoms with Crippen molar-refractivity contribution in [2.75, 3.05) is 24.7 Å². The van der Waals surface area contributed by atoms with Crippen LogP contribution in [0.3, 0.4) is 0 Å². The highest BCUT2D eigenvalue weighted by Gasteiger charge is 2.34. The first-order valence-corrected chi connectivity index (χ1v) is 13.9. The third kappa shape index (κ3) is 4.52. The number of carbonyl (C=O) groups excluding carboxylic acids is 1. The summed E-state index contributed by atoms with van der Waals surface area (Å²) in [5.41, 5.74) is 0.716. The van der Waals surface area contributed by atoms with Gasteiger partial charge in [-0.25, -0.2) is 16.8 Å². The van der Waals surface area contributed by atoms with E-state index >= 15 is 0 Å². The van der Waals surface area contributed by atoms with Crippen LogP contribution in [0.15, 0.2) is 63.7 Å². The molecule has 1 fully saturated rings. The van der Waals surface area contributed by atoms with E-state index in [-0.39, 0.29) is 34.7 Å².